The highest BCUT2D eigenvalue weighted by molar-refractivity contribution is 7.13. The van der Waals surface area contributed by atoms with Gasteiger partial charge in [-0.15, -0.1) is 11.3 Å². The Kier molecular flexibility index (Phi) is 5.08. The summed E-state index contributed by atoms with van der Waals surface area (Å²) in [6, 6.07) is 8.42. The van der Waals surface area contributed by atoms with Crippen molar-refractivity contribution in [1.82, 2.24) is 15.3 Å². The third-order valence-electron chi connectivity index (χ3n) is 3.20. The van der Waals surface area contributed by atoms with E-state index in [0.717, 1.165) is 0 Å². The van der Waals surface area contributed by atoms with E-state index in [9.17, 15) is 15.0 Å². The Morgan fingerprint density at radius 3 is 2.52 bits per heavy atom. The number of halogens is 2. The number of aromatic hydroxyl groups is 2. The Balaban J connectivity index is 1.84. The van der Waals surface area contributed by atoms with Crippen molar-refractivity contribution in [2.75, 3.05) is 0 Å². The molecule has 9 heteroatoms. The molecule has 0 radical (unpaired) electrons. The molecule has 3 aromatic rings. The van der Waals surface area contributed by atoms with E-state index in [1.54, 1.807) is 30.3 Å². The lowest BCUT2D eigenvalue weighted by Crippen LogP contribution is -2.24. The highest BCUT2D eigenvalue weighted by Gasteiger charge is 2.20. The summed E-state index contributed by atoms with van der Waals surface area (Å²) in [6.45, 7) is 0.123. The molecular weight excluding hydrogens is 385 g/mol. The van der Waals surface area contributed by atoms with Gasteiger partial charge in [0.05, 0.1) is 4.88 Å². The standard InChI is InChI=1S/C16H11Cl2N3O3S/c17-9-4-8(5-10(18)6-9)7-19-15(23)12-13(22)16(24)21-14(20-12)11-2-1-3-25-11/h1-6,22H,7H2,(H,19,23)(H,20,21,24). The van der Waals surface area contributed by atoms with Crippen LogP contribution in [0.3, 0.4) is 0 Å². The third kappa shape index (κ3) is 4.01. The minimum atomic E-state index is -0.679. The van der Waals surface area contributed by atoms with Crippen molar-refractivity contribution in [3.63, 3.8) is 0 Å². The molecular formula is C16H11Cl2N3O3S. The molecule has 0 atom stereocenters. The molecule has 6 nitrogen and oxygen atoms in total. The van der Waals surface area contributed by atoms with Gasteiger partial charge in [-0.3, -0.25) is 4.79 Å². The number of rotatable bonds is 4. The Morgan fingerprint density at radius 2 is 1.88 bits per heavy atom. The second kappa shape index (κ2) is 7.26. The summed E-state index contributed by atoms with van der Waals surface area (Å²) in [5.41, 5.74) is 0.367. The highest BCUT2D eigenvalue weighted by Crippen LogP contribution is 2.30. The van der Waals surface area contributed by atoms with Crippen molar-refractivity contribution in [2.24, 2.45) is 0 Å². The van der Waals surface area contributed by atoms with Gasteiger partial charge in [0.15, 0.2) is 11.5 Å². The number of carbonyl (C=O) groups excluding carboxylic acids is 1. The fourth-order valence-electron chi connectivity index (χ4n) is 2.10. The summed E-state index contributed by atoms with van der Waals surface area (Å²) < 4.78 is 0. The van der Waals surface area contributed by atoms with Gasteiger partial charge in [0, 0.05) is 16.6 Å². The van der Waals surface area contributed by atoms with Crippen LogP contribution in [0.5, 0.6) is 11.6 Å². The van der Waals surface area contributed by atoms with Crippen LogP contribution in [0.2, 0.25) is 10.0 Å². The number of aromatic nitrogens is 2. The van der Waals surface area contributed by atoms with Gasteiger partial charge in [0.1, 0.15) is 0 Å². The molecule has 1 amide bonds. The first-order valence-corrected chi connectivity index (χ1v) is 8.64. The molecule has 0 unspecified atom stereocenters. The zero-order chi connectivity index (χ0) is 18.0. The summed E-state index contributed by atoms with van der Waals surface area (Å²) in [5.74, 6) is -1.85. The van der Waals surface area contributed by atoms with Crippen LogP contribution in [0.25, 0.3) is 10.7 Å². The summed E-state index contributed by atoms with van der Waals surface area (Å²) in [5, 5.41) is 25.0. The van der Waals surface area contributed by atoms with E-state index in [2.05, 4.69) is 15.3 Å². The van der Waals surface area contributed by atoms with E-state index in [1.807, 2.05) is 5.38 Å². The van der Waals surface area contributed by atoms with Gasteiger partial charge >= 0.3 is 0 Å². The molecule has 3 N–H and O–H groups in total. The first-order chi connectivity index (χ1) is 11.9. The largest absolute Gasteiger partial charge is 0.501 e. The Morgan fingerprint density at radius 1 is 1.16 bits per heavy atom. The predicted molar refractivity (Wildman–Crippen MR) is 96.3 cm³/mol. The van der Waals surface area contributed by atoms with Crippen LogP contribution in [0.15, 0.2) is 35.7 Å². The quantitative estimate of drug-likeness (QED) is 0.623. The van der Waals surface area contributed by atoms with Gasteiger partial charge in [-0.1, -0.05) is 29.3 Å². The summed E-state index contributed by atoms with van der Waals surface area (Å²) in [6.07, 6.45) is 0. The number of carbonyl (C=O) groups is 1. The third-order valence-corrected chi connectivity index (χ3v) is 4.50. The average molecular weight is 396 g/mol. The molecule has 2 aromatic heterocycles. The number of hydrogen-bond donors (Lipinski definition) is 3. The minimum absolute atomic E-state index is 0.123. The minimum Gasteiger partial charge on any atom is -0.501 e. The van der Waals surface area contributed by atoms with Gasteiger partial charge in [-0.2, -0.15) is 4.98 Å². The lowest BCUT2D eigenvalue weighted by Gasteiger charge is -2.09. The van der Waals surface area contributed by atoms with Gasteiger partial charge in [-0.05, 0) is 35.2 Å². The van der Waals surface area contributed by atoms with E-state index < -0.39 is 17.5 Å². The van der Waals surface area contributed by atoms with Gasteiger partial charge in [-0.25, -0.2) is 4.98 Å². The maximum atomic E-state index is 12.3. The summed E-state index contributed by atoms with van der Waals surface area (Å²) >= 11 is 13.2. The molecule has 1 aromatic carbocycles. The SMILES string of the molecule is O=C(NCc1cc(Cl)cc(Cl)c1)c1nc(-c2cccs2)nc(O)c1O. The normalized spacial score (nSPS) is 10.6. The average Bonchev–Trinajstić information content (AvgIpc) is 3.08. The monoisotopic (exact) mass is 395 g/mol. The number of hydrogen-bond acceptors (Lipinski definition) is 6. The van der Waals surface area contributed by atoms with Crippen LogP contribution in [-0.4, -0.2) is 26.1 Å². The maximum absolute atomic E-state index is 12.3. The van der Waals surface area contributed by atoms with E-state index in [0.29, 0.717) is 20.5 Å². The summed E-state index contributed by atoms with van der Waals surface area (Å²) in [4.78, 5) is 20.8. The Labute approximate surface area is 156 Å². The van der Waals surface area contributed by atoms with Gasteiger partial charge in [0.2, 0.25) is 5.75 Å². The Hall–Kier alpha value is -2.35. The maximum Gasteiger partial charge on any atom is 0.274 e. The molecule has 0 spiro atoms. The van der Waals surface area contributed by atoms with Gasteiger partial charge in [0.25, 0.3) is 11.8 Å². The van der Waals surface area contributed by atoms with E-state index in [4.69, 9.17) is 23.2 Å². The first kappa shape index (κ1) is 17.5. The Bertz CT molecular complexity index is 912. The fraction of sp³-hybridized carbons (Fsp3) is 0.0625. The van der Waals surface area contributed by atoms with Crippen LogP contribution in [0.1, 0.15) is 16.1 Å². The number of thiophene rings is 1. The number of amides is 1. The summed E-state index contributed by atoms with van der Waals surface area (Å²) in [7, 11) is 0. The molecule has 3 rings (SSSR count). The van der Waals surface area contributed by atoms with Crippen molar-refractivity contribution >= 4 is 40.4 Å². The molecule has 0 fully saturated rings. The highest BCUT2D eigenvalue weighted by atomic mass is 35.5. The second-order valence-electron chi connectivity index (χ2n) is 5.01. The number of nitrogens with zero attached hydrogens (tertiary/aromatic N) is 2. The van der Waals surface area contributed by atoms with Gasteiger partial charge < -0.3 is 15.5 Å². The molecule has 2 heterocycles. The lowest BCUT2D eigenvalue weighted by molar-refractivity contribution is 0.0942. The van der Waals surface area contributed by atoms with Crippen molar-refractivity contribution in [2.45, 2.75) is 6.54 Å². The molecule has 0 bridgehead atoms. The van der Waals surface area contributed by atoms with Crippen molar-refractivity contribution in [3.8, 4) is 22.3 Å². The predicted octanol–water partition coefficient (Wildman–Crippen LogP) is 3.85. The zero-order valence-corrected chi connectivity index (χ0v) is 14.9. The van der Waals surface area contributed by atoms with Crippen LogP contribution < -0.4 is 5.32 Å². The second-order valence-corrected chi connectivity index (χ2v) is 6.83. The number of nitrogens with one attached hydrogen (secondary N) is 1. The molecule has 128 valence electrons. The fourth-order valence-corrected chi connectivity index (χ4v) is 3.33. The number of benzene rings is 1. The molecule has 0 aliphatic heterocycles. The van der Waals surface area contributed by atoms with Crippen molar-refractivity contribution in [1.29, 1.82) is 0 Å². The smallest absolute Gasteiger partial charge is 0.274 e. The van der Waals surface area contributed by atoms with Crippen molar-refractivity contribution in [3.05, 3.63) is 57.0 Å². The van der Waals surface area contributed by atoms with Crippen LogP contribution in [0.4, 0.5) is 0 Å². The lowest BCUT2D eigenvalue weighted by atomic mass is 10.2. The van der Waals surface area contributed by atoms with E-state index >= 15 is 0 Å². The molecule has 0 aliphatic rings. The molecule has 0 saturated carbocycles. The van der Waals surface area contributed by atoms with E-state index in [1.165, 1.54) is 11.3 Å². The van der Waals surface area contributed by atoms with Crippen LogP contribution in [-0.2, 0) is 6.54 Å². The molecule has 0 saturated heterocycles. The topological polar surface area (TPSA) is 95.3 Å². The molecule has 0 aliphatic carbocycles. The van der Waals surface area contributed by atoms with Crippen LogP contribution in [0, 0.1) is 0 Å². The zero-order valence-electron chi connectivity index (χ0n) is 12.5. The van der Waals surface area contributed by atoms with Crippen LogP contribution >= 0.6 is 34.5 Å². The molecule has 25 heavy (non-hydrogen) atoms. The van der Waals surface area contributed by atoms with Crippen molar-refractivity contribution < 1.29 is 15.0 Å². The first-order valence-electron chi connectivity index (χ1n) is 7.01. The van der Waals surface area contributed by atoms with E-state index in [-0.39, 0.29) is 18.1 Å².